The van der Waals surface area contributed by atoms with Gasteiger partial charge in [-0.2, -0.15) is 0 Å². The number of ether oxygens (including phenoxy) is 2. The smallest absolute Gasteiger partial charge is 0.146 e. The summed E-state index contributed by atoms with van der Waals surface area (Å²) in [6, 6.07) is 3.86. The van der Waals surface area contributed by atoms with Crippen LogP contribution in [0.1, 0.15) is 30.9 Å². The van der Waals surface area contributed by atoms with Crippen molar-refractivity contribution < 1.29 is 9.47 Å². The quantitative estimate of drug-likeness (QED) is 0.920. The lowest BCUT2D eigenvalue weighted by molar-refractivity contribution is 0.365. The molecule has 1 aromatic carbocycles. The maximum absolute atomic E-state index is 6.44. The van der Waals surface area contributed by atoms with Crippen molar-refractivity contribution in [1.82, 2.24) is 0 Å². The van der Waals surface area contributed by atoms with E-state index >= 15 is 0 Å². The molecule has 1 aromatic rings. The molecule has 0 radical (unpaired) electrons. The van der Waals surface area contributed by atoms with E-state index in [9.17, 15) is 0 Å². The van der Waals surface area contributed by atoms with E-state index in [1.807, 2.05) is 12.1 Å². The van der Waals surface area contributed by atoms with Gasteiger partial charge in [0.2, 0.25) is 0 Å². The number of rotatable bonds is 4. The fraction of sp³-hybridized carbons (Fsp3) is 0.600. The van der Waals surface area contributed by atoms with Gasteiger partial charge in [-0.15, -0.1) is 0 Å². The lowest BCUT2D eigenvalue weighted by Crippen LogP contribution is -2.21. The molecule has 0 heterocycles. The summed E-state index contributed by atoms with van der Waals surface area (Å²) in [6.07, 6.45) is 3.90. The van der Waals surface area contributed by atoms with Crippen molar-refractivity contribution in [1.29, 1.82) is 0 Å². The van der Waals surface area contributed by atoms with Crippen molar-refractivity contribution in [3.8, 4) is 11.5 Å². The van der Waals surface area contributed by atoms with Gasteiger partial charge in [0, 0.05) is 11.6 Å². The van der Waals surface area contributed by atoms with Crippen molar-refractivity contribution in [2.45, 2.75) is 25.3 Å². The Balaban J connectivity index is 1.88. The molecule has 3 unspecified atom stereocenters. The molecule has 0 saturated heterocycles. The molecule has 104 valence electrons. The van der Waals surface area contributed by atoms with Gasteiger partial charge < -0.3 is 15.2 Å². The first-order valence-electron chi connectivity index (χ1n) is 6.81. The zero-order valence-electron chi connectivity index (χ0n) is 11.4. The van der Waals surface area contributed by atoms with E-state index in [1.54, 1.807) is 14.2 Å². The number of fused-ring (bicyclic) bond motifs is 1. The minimum absolute atomic E-state index is 0.00570. The van der Waals surface area contributed by atoms with Gasteiger partial charge in [0.05, 0.1) is 14.2 Å². The lowest BCUT2D eigenvalue weighted by atomic mass is 9.89. The van der Waals surface area contributed by atoms with E-state index in [-0.39, 0.29) is 6.04 Å². The Hall–Kier alpha value is -0.930. The molecule has 2 N–H and O–H groups in total. The first-order chi connectivity index (χ1) is 9.15. The van der Waals surface area contributed by atoms with E-state index in [2.05, 4.69) is 0 Å². The van der Waals surface area contributed by atoms with Crippen molar-refractivity contribution in [2.75, 3.05) is 14.2 Å². The highest BCUT2D eigenvalue weighted by molar-refractivity contribution is 6.33. The second-order valence-electron chi connectivity index (χ2n) is 5.72. The topological polar surface area (TPSA) is 44.5 Å². The van der Waals surface area contributed by atoms with E-state index in [1.165, 1.54) is 19.3 Å². The van der Waals surface area contributed by atoms with E-state index in [4.69, 9.17) is 26.8 Å². The van der Waals surface area contributed by atoms with Crippen molar-refractivity contribution >= 4 is 11.6 Å². The minimum Gasteiger partial charge on any atom is -0.495 e. The van der Waals surface area contributed by atoms with Crippen LogP contribution in [-0.4, -0.2) is 14.2 Å². The van der Waals surface area contributed by atoms with Crippen molar-refractivity contribution in [2.24, 2.45) is 23.5 Å². The van der Waals surface area contributed by atoms with Gasteiger partial charge in [0.15, 0.2) is 0 Å². The van der Waals surface area contributed by atoms with Crippen molar-refractivity contribution in [3.63, 3.8) is 0 Å². The molecule has 3 atom stereocenters. The highest BCUT2D eigenvalue weighted by atomic mass is 35.5. The number of hydrogen-bond acceptors (Lipinski definition) is 3. The second kappa shape index (κ2) is 4.88. The Labute approximate surface area is 119 Å². The van der Waals surface area contributed by atoms with Gasteiger partial charge in [0.1, 0.15) is 16.5 Å². The van der Waals surface area contributed by atoms with Gasteiger partial charge in [-0.3, -0.25) is 0 Å². The average Bonchev–Trinajstić information content (AvgIpc) is 3.04. The summed E-state index contributed by atoms with van der Waals surface area (Å²) in [5.41, 5.74) is 7.44. The summed E-state index contributed by atoms with van der Waals surface area (Å²) < 4.78 is 10.7. The number of methoxy groups -OCH3 is 2. The number of benzene rings is 1. The Morgan fingerprint density at radius 3 is 2.42 bits per heavy atom. The molecule has 4 heteroatoms. The Morgan fingerprint density at radius 2 is 1.84 bits per heavy atom. The minimum atomic E-state index is 0.00570. The molecule has 19 heavy (non-hydrogen) atoms. The van der Waals surface area contributed by atoms with Gasteiger partial charge in [-0.25, -0.2) is 0 Å². The van der Waals surface area contributed by atoms with E-state index < -0.39 is 0 Å². The van der Waals surface area contributed by atoms with Crippen LogP contribution in [0, 0.1) is 17.8 Å². The molecule has 0 aromatic heterocycles. The first kappa shape index (κ1) is 13.1. The third-order valence-corrected chi connectivity index (χ3v) is 5.02. The molecule has 0 bridgehead atoms. The molecule has 2 aliphatic carbocycles. The summed E-state index contributed by atoms with van der Waals surface area (Å²) in [6.45, 7) is 0. The molecule has 2 fully saturated rings. The highest BCUT2D eigenvalue weighted by Crippen LogP contribution is 2.57. The summed E-state index contributed by atoms with van der Waals surface area (Å²) in [5, 5.41) is 0.515. The summed E-state index contributed by atoms with van der Waals surface area (Å²) >= 11 is 6.30. The van der Waals surface area contributed by atoms with E-state index in [0.717, 1.165) is 17.4 Å². The molecule has 0 spiro atoms. The lowest BCUT2D eigenvalue weighted by Gasteiger charge is -2.24. The summed E-state index contributed by atoms with van der Waals surface area (Å²) in [4.78, 5) is 0. The number of halogens is 1. The Bertz CT molecular complexity index is 481. The fourth-order valence-corrected chi connectivity index (χ4v) is 3.82. The van der Waals surface area contributed by atoms with Crippen LogP contribution in [0.5, 0.6) is 11.5 Å². The van der Waals surface area contributed by atoms with E-state index in [0.29, 0.717) is 22.4 Å². The van der Waals surface area contributed by atoms with Crippen LogP contribution in [0.4, 0.5) is 0 Å². The monoisotopic (exact) mass is 281 g/mol. The second-order valence-corrected chi connectivity index (χ2v) is 6.10. The normalized spacial score (nSPS) is 29.8. The average molecular weight is 282 g/mol. The number of hydrogen-bond donors (Lipinski definition) is 1. The molecule has 3 rings (SSSR count). The van der Waals surface area contributed by atoms with Crippen LogP contribution in [-0.2, 0) is 0 Å². The molecular weight excluding hydrogens is 262 g/mol. The Kier molecular flexibility index (Phi) is 3.35. The first-order valence-corrected chi connectivity index (χ1v) is 7.19. The van der Waals surface area contributed by atoms with Crippen LogP contribution in [0.25, 0.3) is 0 Å². The molecule has 3 nitrogen and oxygen atoms in total. The van der Waals surface area contributed by atoms with Gasteiger partial charge in [-0.1, -0.05) is 11.6 Å². The predicted octanol–water partition coefficient (Wildman–Crippen LogP) is 3.40. The third-order valence-electron chi connectivity index (χ3n) is 4.66. The predicted molar refractivity (Wildman–Crippen MR) is 75.8 cm³/mol. The standard InChI is InChI=1S/C15H20ClNO2/c1-18-12-4-3-11(15(19-2)13(12)16)14(17)10-6-8-5-9(8)7-10/h3-4,8-10,14H,5-7,17H2,1-2H3. The zero-order chi connectivity index (χ0) is 13.6. The third kappa shape index (κ3) is 2.19. The number of nitrogens with two attached hydrogens (primary N) is 1. The van der Waals surface area contributed by atoms with Crippen LogP contribution < -0.4 is 15.2 Å². The fourth-order valence-electron chi connectivity index (χ4n) is 3.49. The summed E-state index contributed by atoms with van der Waals surface area (Å²) in [7, 11) is 3.23. The molecule has 0 aliphatic heterocycles. The zero-order valence-corrected chi connectivity index (χ0v) is 12.1. The highest BCUT2D eigenvalue weighted by Gasteiger charge is 2.47. The summed E-state index contributed by atoms with van der Waals surface area (Å²) in [5.74, 6) is 3.70. The van der Waals surface area contributed by atoms with Crippen LogP contribution in [0.3, 0.4) is 0 Å². The van der Waals surface area contributed by atoms with Gasteiger partial charge >= 0.3 is 0 Å². The van der Waals surface area contributed by atoms with Gasteiger partial charge in [-0.05, 0) is 49.1 Å². The van der Waals surface area contributed by atoms with Crippen LogP contribution in [0.15, 0.2) is 12.1 Å². The largest absolute Gasteiger partial charge is 0.495 e. The maximum atomic E-state index is 6.44. The SMILES string of the molecule is COc1ccc(C(N)C2CC3CC3C2)c(OC)c1Cl. The van der Waals surface area contributed by atoms with Crippen molar-refractivity contribution in [3.05, 3.63) is 22.7 Å². The molecule has 2 saturated carbocycles. The van der Waals surface area contributed by atoms with Gasteiger partial charge in [0.25, 0.3) is 0 Å². The maximum Gasteiger partial charge on any atom is 0.146 e. The Morgan fingerprint density at radius 1 is 1.16 bits per heavy atom. The molecule has 2 aliphatic rings. The van der Waals surface area contributed by atoms with Crippen LogP contribution >= 0.6 is 11.6 Å². The molecular formula is C15H20ClNO2. The molecule has 0 amide bonds. The van der Waals surface area contributed by atoms with Crippen LogP contribution in [0.2, 0.25) is 5.02 Å².